The van der Waals surface area contributed by atoms with Gasteiger partial charge in [0.15, 0.2) is 0 Å². The molecular weight excluding hydrogens is 913 g/mol. The Labute approximate surface area is 430 Å². The molecule has 8 rings (SSSR count). The molecule has 0 spiro atoms. The van der Waals surface area contributed by atoms with Crippen molar-refractivity contribution >= 4 is 55.1 Å². The zero-order valence-corrected chi connectivity index (χ0v) is 43.9. The minimum atomic E-state index is -3.36. The number of sulfonamides is 1. The minimum Gasteiger partial charge on any atom is -0.399 e. The van der Waals surface area contributed by atoms with E-state index in [1.165, 1.54) is 33.6 Å². The standard InChI is InChI=1S/C31H39N3O3S.C30H37N3O/c1-24(2)33-19-21-34(22-20-33)29-17-13-27(14-18-29)31(26-11-15-28(16-12-26)32-38(3,36)37)30(10-7-23-35)25-8-5-4-6-9-25;1-23(2)32-18-20-33(21-19-32)28-16-12-26(13-17-28)30(25-10-14-27(31)15-11-25)29(9-6-22-34)24-7-4-3-5-8-24/h4-6,8-9,11-18,24,32,35H,7,10,19-23H2,1-3H3;3-5,7-8,10-17,23,34H,6,9,18-22,31H2,1-2H3/b31-30-;30-29-. The summed E-state index contributed by atoms with van der Waals surface area (Å²) in [5, 5.41) is 19.3. The number of aliphatic hydroxyl groups excluding tert-OH is 2. The van der Waals surface area contributed by atoms with Crippen molar-refractivity contribution in [3.8, 4) is 0 Å². The average molecular weight is 989 g/mol. The Balaban J connectivity index is 0.000000213. The highest BCUT2D eigenvalue weighted by Gasteiger charge is 2.22. The highest BCUT2D eigenvalue weighted by molar-refractivity contribution is 7.92. The second kappa shape index (κ2) is 26.0. The molecule has 72 heavy (non-hydrogen) atoms. The van der Waals surface area contributed by atoms with Crippen LogP contribution in [0, 0.1) is 0 Å². The molecule has 0 aromatic heterocycles. The number of hydrogen-bond acceptors (Lipinski definition) is 9. The molecule has 11 heteroatoms. The van der Waals surface area contributed by atoms with E-state index in [4.69, 9.17) is 5.73 Å². The van der Waals surface area contributed by atoms with Crippen LogP contribution >= 0.6 is 0 Å². The highest BCUT2D eigenvalue weighted by Crippen LogP contribution is 2.38. The van der Waals surface area contributed by atoms with E-state index in [1.54, 1.807) is 12.1 Å². The molecule has 2 heterocycles. The number of allylic oxidation sites excluding steroid dienone is 2. The Morgan fingerprint density at radius 3 is 1.14 bits per heavy atom. The normalized spacial score (nSPS) is 15.5. The molecule has 10 nitrogen and oxygen atoms in total. The summed E-state index contributed by atoms with van der Waals surface area (Å²) in [4.78, 5) is 9.99. The number of piperazine rings is 2. The molecule has 0 saturated carbocycles. The van der Waals surface area contributed by atoms with Gasteiger partial charge in [-0.05, 0) is 158 Å². The molecular formula is C61H76N6O4S. The second-order valence-electron chi connectivity index (χ2n) is 19.5. The molecule has 0 bridgehead atoms. The van der Waals surface area contributed by atoms with Crippen molar-refractivity contribution in [1.29, 1.82) is 0 Å². The number of aliphatic hydroxyl groups is 2. The summed E-state index contributed by atoms with van der Waals surface area (Å²) in [6.07, 6.45) is 4.05. The summed E-state index contributed by atoms with van der Waals surface area (Å²) in [6, 6.07) is 55.4. The Hall–Kier alpha value is -6.21. The number of nitrogens with one attached hydrogen (secondary N) is 1. The van der Waals surface area contributed by atoms with Crippen LogP contribution in [0.2, 0.25) is 0 Å². The summed E-state index contributed by atoms with van der Waals surface area (Å²) in [5.41, 5.74) is 21.2. The molecule has 6 aromatic carbocycles. The van der Waals surface area contributed by atoms with Crippen LogP contribution < -0.4 is 20.3 Å². The molecule has 380 valence electrons. The lowest BCUT2D eigenvalue weighted by Crippen LogP contribution is -2.48. The third kappa shape index (κ3) is 14.7. The van der Waals surface area contributed by atoms with E-state index in [9.17, 15) is 18.6 Å². The molecule has 2 aliphatic rings. The van der Waals surface area contributed by atoms with Crippen LogP contribution in [0.15, 0.2) is 158 Å². The Morgan fingerprint density at radius 2 is 0.819 bits per heavy atom. The van der Waals surface area contributed by atoms with Crippen molar-refractivity contribution in [2.45, 2.75) is 65.5 Å². The van der Waals surface area contributed by atoms with Gasteiger partial charge in [-0.25, -0.2) is 8.42 Å². The van der Waals surface area contributed by atoms with Gasteiger partial charge in [-0.2, -0.15) is 0 Å². The third-order valence-electron chi connectivity index (χ3n) is 13.8. The summed E-state index contributed by atoms with van der Waals surface area (Å²) in [6.45, 7) is 17.8. The number of nitrogen functional groups attached to an aromatic ring is 1. The number of nitrogens with two attached hydrogens (primary N) is 1. The largest absolute Gasteiger partial charge is 0.399 e. The molecule has 0 atom stereocenters. The lowest BCUT2D eigenvalue weighted by atomic mass is 9.87. The van der Waals surface area contributed by atoms with E-state index in [0.717, 1.165) is 117 Å². The van der Waals surface area contributed by atoms with Crippen LogP contribution in [0.1, 0.15) is 86.8 Å². The van der Waals surface area contributed by atoms with Crippen LogP contribution in [0.5, 0.6) is 0 Å². The monoisotopic (exact) mass is 989 g/mol. The molecule has 0 radical (unpaired) electrons. The minimum absolute atomic E-state index is 0.113. The van der Waals surface area contributed by atoms with Gasteiger partial charge in [0.05, 0.1) is 6.26 Å². The summed E-state index contributed by atoms with van der Waals surface area (Å²) in [7, 11) is -3.36. The van der Waals surface area contributed by atoms with E-state index in [1.807, 2.05) is 48.5 Å². The molecule has 2 aliphatic heterocycles. The van der Waals surface area contributed by atoms with Crippen molar-refractivity contribution in [3.05, 3.63) is 191 Å². The number of rotatable bonds is 18. The summed E-state index contributed by atoms with van der Waals surface area (Å²) in [5.74, 6) is 0. The average Bonchev–Trinajstić information content (AvgIpc) is 3.40. The van der Waals surface area contributed by atoms with Crippen LogP contribution in [0.4, 0.5) is 22.7 Å². The first-order valence-corrected chi connectivity index (χ1v) is 27.6. The van der Waals surface area contributed by atoms with Gasteiger partial charge in [-0.15, -0.1) is 0 Å². The van der Waals surface area contributed by atoms with Crippen LogP contribution in [0.3, 0.4) is 0 Å². The molecule has 2 fully saturated rings. The number of anilines is 4. The smallest absolute Gasteiger partial charge is 0.229 e. The molecule has 0 unspecified atom stereocenters. The fraction of sp³-hybridized carbons (Fsp3) is 0.344. The van der Waals surface area contributed by atoms with Gasteiger partial charge in [0.1, 0.15) is 0 Å². The quantitative estimate of drug-likeness (QED) is 0.0492. The first-order valence-electron chi connectivity index (χ1n) is 25.7. The maximum absolute atomic E-state index is 11.7. The SMILES string of the molecule is CC(C)N1CCN(c2ccc(/C(=C(/CCCO)c3ccccc3)c3ccc(N)cc3)cc2)CC1.CC(C)N1CCN(c2ccc(/C(=C(/CCCO)c3ccccc3)c3ccc(NS(C)(=O)=O)cc3)cc2)CC1. The third-order valence-corrected chi connectivity index (χ3v) is 14.4. The van der Waals surface area contributed by atoms with Gasteiger partial charge in [-0.1, -0.05) is 109 Å². The van der Waals surface area contributed by atoms with Crippen molar-refractivity contribution in [2.75, 3.05) is 92.1 Å². The Kier molecular flexibility index (Phi) is 19.3. The summed E-state index contributed by atoms with van der Waals surface area (Å²) >= 11 is 0. The topological polar surface area (TPSA) is 126 Å². The molecule has 5 N–H and O–H groups in total. The maximum Gasteiger partial charge on any atom is 0.229 e. The lowest BCUT2D eigenvalue weighted by molar-refractivity contribution is 0.209. The van der Waals surface area contributed by atoms with Crippen LogP contribution in [-0.4, -0.2) is 112 Å². The van der Waals surface area contributed by atoms with Crippen LogP contribution in [-0.2, 0) is 10.0 Å². The van der Waals surface area contributed by atoms with E-state index in [0.29, 0.717) is 24.2 Å². The zero-order chi connectivity index (χ0) is 51.0. The zero-order valence-electron chi connectivity index (χ0n) is 43.1. The molecule has 2 saturated heterocycles. The number of hydrogen-bond donors (Lipinski definition) is 4. The molecule has 6 aromatic rings. The Morgan fingerprint density at radius 1 is 0.486 bits per heavy atom. The first kappa shape index (κ1) is 53.6. The van der Waals surface area contributed by atoms with Crippen molar-refractivity contribution in [2.24, 2.45) is 0 Å². The van der Waals surface area contributed by atoms with E-state index in [2.05, 4.69) is 149 Å². The van der Waals surface area contributed by atoms with Gasteiger partial charge in [0.2, 0.25) is 10.0 Å². The predicted octanol–water partition coefficient (Wildman–Crippen LogP) is 10.9. The summed E-state index contributed by atoms with van der Waals surface area (Å²) < 4.78 is 26.0. The molecule has 0 amide bonds. The van der Waals surface area contributed by atoms with Crippen molar-refractivity contribution in [1.82, 2.24) is 9.80 Å². The van der Waals surface area contributed by atoms with Crippen molar-refractivity contribution in [3.63, 3.8) is 0 Å². The molecule has 0 aliphatic carbocycles. The van der Waals surface area contributed by atoms with E-state index in [-0.39, 0.29) is 13.2 Å². The first-order chi connectivity index (χ1) is 34.8. The van der Waals surface area contributed by atoms with E-state index < -0.39 is 10.0 Å². The maximum atomic E-state index is 11.7. The second-order valence-corrected chi connectivity index (χ2v) is 21.2. The van der Waals surface area contributed by atoms with Gasteiger partial charge >= 0.3 is 0 Å². The predicted molar refractivity (Wildman–Crippen MR) is 304 cm³/mol. The van der Waals surface area contributed by atoms with E-state index >= 15 is 0 Å². The fourth-order valence-corrected chi connectivity index (χ4v) is 10.5. The van der Waals surface area contributed by atoms with Crippen LogP contribution in [0.25, 0.3) is 22.3 Å². The number of nitrogens with zero attached hydrogens (tertiary/aromatic N) is 4. The van der Waals surface area contributed by atoms with Gasteiger partial charge < -0.3 is 25.7 Å². The highest BCUT2D eigenvalue weighted by atomic mass is 32.2. The fourth-order valence-electron chi connectivity index (χ4n) is 9.89. The van der Waals surface area contributed by atoms with Crippen molar-refractivity contribution < 1.29 is 18.6 Å². The van der Waals surface area contributed by atoms with Gasteiger partial charge in [0, 0.05) is 100 Å². The van der Waals surface area contributed by atoms with Gasteiger partial charge in [-0.3, -0.25) is 14.5 Å². The Bertz CT molecular complexity index is 2760. The van der Waals surface area contributed by atoms with Gasteiger partial charge in [0.25, 0.3) is 0 Å². The number of benzene rings is 6. The lowest BCUT2D eigenvalue weighted by Gasteiger charge is -2.38.